The van der Waals surface area contributed by atoms with Crippen molar-refractivity contribution in [1.82, 2.24) is 30.0 Å². The van der Waals surface area contributed by atoms with E-state index in [4.69, 9.17) is 28.9 Å². The molecule has 8 N–H and O–H groups in total. The van der Waals surface area contributed by atoms with Gasteiger partial charge in [0.2, 0.25) is 11.8 Å². The number of rotatable bonds is 15. The fourth-order valence-corrected chi connectivity index (χ4v) is 7.62. The number of pyridine rings is 2. The zero-order chi connectivity index (χ0) is 82.0. The van der Waals surface area contributed by atoms with Crippen molar-refractivity contribution >= 4 is 62.9 Å². The summed E-state index contributed by atoms with van der Waals surface area (Å²) in [5.41, 5.74) is 11.0. The van der Waals surface area contributed by atoms with Crippen LogP contribution in [0.3, 0.4) is 0 Å². The van der Waals surface area contributed by atoms with Crippen LogP contribution in [-0.4, -0.2) is 144 Å². The number of aliphatic carboxylic acids is 3. The zero-order valence-electron chi connectivity index (χ0n) is 58.2. The summed E-state index contributed by atoms with van der Waals surface area (Å²) < 4.78 is 0. The van der Waals surface area contributed by atoms with Gasteiger partial charge in [0, 0.05) is 260 Å². The molecule has 0 spiro atoms. The SMILES string of the molecule is C#CC#CC#CC#CC#CC#CC#CC#CC#CC#CC#CC#CC#CC#CC#CC#CC#CC#CC#CC#CC#C.N=N/N=N/N=N/N(OOOO)OOOO.O=C(O)CN1CCN(CC(=O)O)CC(=O)Nc2cccc(c2)C#Cc2cnc3c(ccc4cc(cnc43)C#Cc3cccc(c3)NC(=O)CN(CC(=O)O)CC1)c2.[HH].[HH].[HH].[HH].[HH].[HH].[HH].[HH].[HH].[HH].[HH].[HH].[HH].[HH].[HH].[HH].[HH]. The number of terminal acetylenes is 2. The maximum atomic E-state index is 13.1. The molecule has 0 fully saturated rings. The Hall–Kier alpha value is -18.1. The number of hydrogen-bond donors (Lipinski definition) is 8. The topological polar surface area (TPSA) is 390 Å². The molecule has 4 aliphatic heterocycles. The molecule has 2 amide bonds. The number of hydrogen-bond acceptors (Lipinski definition) is 20. The van der Waals surface area contributed by atoms with E-state index >= 15 is 0 Å². The molecular formula is C84H76N14O16. The van der Waals surface area contributed by atoms with Crippen LogP contribution in [0.4, 0.5) is 11.4 Å². The summed E-state index contributed by atoms with van der Waals surface area (Å²) in [6.07, 6.45) is 13.2. The van der Waals surface area contributed by atoms with Crippen molar-refractivity contribution in [3.8, 4) is 273 Å². The number of nitrogens with zero attached hydrogens (tertiary/aromatic N) is 11. The lowest BCUT2D eigenvalue weighted by Crippen LogP contribution is -2.46. The fourth-order valence-electron chi connectivity index (χ4n) is 7.62. The molecule has 30 nitrogen and oxygen atoms in total. The average Bonchev–Trinajstić information content (AvgIpc) is 0.784. The molecular weight excluding hydrogens is 1460 g/mol. The lowest BCUT2D eigenvalue weighted by Gasteiger charge is -2.28. The van der Waals surface area contributed by atoms with Crippen LogP contribution >= 0.6 is 0 Å². The third-order valence-electron chi connectivity index (χ3n) is 11.7. The highest BCUT2D eigenvalue weighted by atomic mass is 17.7. The van der Waals surface area contributed by atoms with Gasteiger partial charge in [-0.15, -0.1) is 12.8 Å². The molecule has 0 saturated heterocycles. The minimum absolute atomic E-state index is 0. The Kier molecular flexibility index (Phi) is 44.3. The standard InChI is InChI=1S/C42H37N7O8.C42H2.H3N7O8.17H2/c50-36-23-48(26-39(54)55)15-13-47(25-38(52)53)14-16-49(27-40(56)57)24-37(51)46-35-6-2-4-29(20-35)8-10-31-18-33-12-11-32-17-30(21-43-41(32)42(33)44-22-31)9-7-28-3-1-5-34(19-28)45-36;1-3-5-7-9-11-13-15-17-19-21-23-25-27-29-31-33-35-37-39-41-42-40-38-36-34-32-30-28-26-24-22-20-18-16-14-12-10-8-6-4-2;1-2-3-4-5-6-7(10-14-12-8)11-15-13-9;;;;;;;;;;;;;;;;;/h1-6,11-12,17-22H,13-16,23-27H2,(H,45,50)(H,46,51)(H,52,53)(H,54,55)(H,56,57);1-2H;1,8-9H;17*1H/b;;2-1?,4-3+,6-5+;;;;;;;;;;;;;;;;;. The van der Waals surface area contributed by atoms with Gasteiger partial charge in [0.15, 0.2) is 0 Å². The van der Waals surface area contributed by atoms with Crippen LogP contribution in [0.15, 0.2) is 111 Å². The highest BCUT2D eigenvalue weighted by Crippen LogP contribution is 2.24. The predicted octanol–water partition coefficient (Wildman–Crippen LogP) is 7.64. The van der Waals surface area contributed by atoms with Crippen molar-refractivity contribution in [3.63, 3.8) is 0 Å². The Morgan fingerprint density at radius 2 is 0.737 bits per heavy atom. The van der Waals surface area contributed by atoms with Crippen molar-refractivity contribution in [1.29, 1.82) is 5.53 Å². The van der Waals surface area contributed by atoms with Crippen molar-refractivity contribution in [2.24, 2.45) is 26.1 Å². The van der Waals surface area contributed by atoms with E-state index in [0.717, 1.165) is 10.8 Å². The van der Waals surface area contributed by atoms with E-state index in [9.17, 15) is 39.3 Å². The van der Waals surface area contributed by atoms with E-state index in [-0.39, 0.29) is 68.9 Å². The van der Waals surface area contributed by atoms with Crippen molar-refractivity contribution < 1.29 is 104 Å². The first kappa shape index (κ1) is 88.3. The summed E-state index contributed by atoms with van der Waals surface area (Å²) in [6.45, 7) is -1.98. The maximum Gasteiger partial charge on any atom is 0.317 e. The molecule has 0 aliphatic carbocycles. The van der Waals surface area contributed by atoms with Gasteiger partial charge < -0.3 is 26.0 Å². The van der Waals surface area contributed by atoms with Gasteiger partial charge in [-0.2, -0.15) is 5.53 Å². The number of carbonyl (C=O) groups is 5. The van der Waals surface area contributed by atoms with Gasteiger partial charge in [0.1, 0.15) is 0 Å². The molecule has 3 aromatic carbocycles. The van der Waals surface area contributed by atoms with Crippen LogP contribution in [0.1, 0.15) is 46.5 Å². The normalized spacial score (nSPS) is 10.4. The van der Waals surface area contributed by atoms with E-state index in [0.29, 0.717) is 44.7 Å². The average molecular weight is 1540 g/mol. The third kappa shape index (κ3) is 42.6. The Bertz CT molecular complexity index is 5880. The molecule has 2 aromatic heterocycles. The van der Waals surface area contributed by atoms with Crippen LogP contribution in [-0.2, 0) is 54.1 Å². The van der Waals surface area contributed by atoms with E-state index in [1.807, 2.05) is 24.3 Å². The van der Waals surface area contributed by atoms with Gasteiger partial charge in [-0.05, 0) is 189 Å². The number of anilines is 2. The number of amides is 2. The maximum absolute atomic E-state index is 13.1. The summed E-state index contributed by atoms with van der Waals surface area (Å²) in [5, 5.41) is 77.3. The van der Waals surface area contributed by atoms with E-state index in [1.165, 1.54) is 14.7 Å². The molecule has 9 rings (SSSR count). The van der Waals surface area contributed by atoms with Crippen LogP contribution in [0.2, 0.25) is 0 Å². The van der Waals surface area contributed by atoms with Crippen molar-refractivity contribution in [2.75, 3.05) is 69.5 Å². The zero-order valence-corrected chi connectivity index (χ0v) is 58.2. The molecule has 0 unspecified atom stereocenters. The van der Waals surface area contributed by atoms with Gasteiger partial charge >= 0.3 is 17.9 Å². The highest BCUT2D eigenvalue weighted by molar-refractivity contribution is 6.03. The molecule has 114 heavy (non-hydrogen) atoms. The largest absolute Gasteiger partial charge is 0.480 e. The first-order chi connectivity index (χ1) is 55.7. The van der Waals surface area contributed by atoms with Crippen molar-refractivity contribution in [3.05, 3.63) is 107 Å². The van der Waals surface area contributed by atoms with Crippen LogP contribution in [0.25, 0.3) is 21.8 Å². The smallest absolute Gasteiger partial charge is 0.317 e. The molecule has 0 atom stereocenters. The Labute approximate surface area is 677 Å². The number of carbonyl (C=O) groups excluding carboxylic acids is 2. The van der Waals surface area contributed by atoms with E-state index in [2.05, 4.69) is 337 Å². The quantitative estimate of drug-likeness (QED) is 0.0164. The number of fused-ring (bicyclic) bond motifs is 1. The summed E-state index contributed by atoms with van der Waals surface area (Å²) >= 11 is 0. The number of aromatic nitrogens is 2. The van der Waals surface area contributed by atoms with Gasteiger partial charge in [-0.3, -0.25) is 48.6 Å². The Morgan fingerprint density at radius 1 is 0.439 bits per heavy atom. The van der Waals surface area contributed by atoms with Gasteiger partial charge in [-0.25, -0.2) is 10.5 Å². The first-order valence-electron chi connectivity index (χ1n) is 30.8. The minimum Gasteiger partial charge on any atom is -0.480 e. The number of nitrogens with one attached hydrogen (secondary N) is 3. The van der Waals surface area contributed by atoms with E-state index in [1.54, 1.807) is 60.9 Å². The highest BCUT2D eigenvalue weighted by Gasteiger charge is 2.21. The summed E-state index contributed by atoms with van der Waals surface area (Å²) in [4.78, 5) is 82.5. The lowest BCUT2D eigenvalue weighted by atomic mass is 10.1. The summed E-state index contributed by atoms with van der Waals surface area (Å²) in [7, 11) is 0. The molecule has 0 radical (unpaired) electrons. The van der Waals surface area contributed by atoms with Crippen LogP contribution < -0.4 is 10.6 Å². The van der Waals surface area contributed by atoms with Gasteiger partial charge in [0.25, 0.3) is 0 Å². The number of benzene rings is 3. The number of carboxylic acid groups (broad SMARTS) is 3. The third-order valence-corrected chi connectivity index (χ3v) is 11.7. The Morgan fingerprint density at radius 3 is 1.04 bits per heavy atom. The summed E-state index contributed by atoms with van der Waals surface area (Å²) in [5.74, 6) is 106. The minimum atomic E-state index is -1.18. The second-order valence-electron chi connectivity index (χ2n) is 19.5. The number of carboxylic acids is 3. The molecule has 10 bridgehead atoms. The summed E-state index contributed by atoms with van der Waals surface area (Å²) in [6, 6.07) is 21.5. The van der Waals surface area contributed by atoms with E-state index < -0.39 is 49.4 Å². The van der Waals surface area contributed by atoms with Crippen LogP contribution in [0, 0.1) is 279 Å². The molecule has 578 valence electrons. The Balaban J connectivity index is -0.000000138. The monoisotopic (exact) mass is 1540 g/mol. The fraction of sp³-hybridized carbons (Fsp3) is 0.107. The van der Waals surface area contributed by atoms with Crippen molar-refractivity contribution in [2.45, 2.75) is 0 Å². The molecule has 5 aromatic rings. The van der Waals surface area contributed by atoms with Gasteiger partial charge in [0.05, 0.1) is 49.1 Å². The molecule has 30 heteroatoms. The molecule has 4 aliphatic rings. The van der Waals surface area contributed by atoms with Crippen LogP contribution in [0.5, 0.6) is 0 Å². The van der Waals surface area contributed by atoms with Gasteiger partial charge in [-0.1, -0.05) is 47.9 Å². The predicted molar refractivity (Wildman–Crippen MR) is 441 cm³/mol. The molecule has 6 heterocycles. The second-order valence-corrected chi connectivity index (χ2v) is 19.5. The first-order valence-corrected chi connectivity index (χ1v) is 30.8. The molecule has 0 saturated carbocycles. The lowest BCUT2D eigenvalue weighted by molar-refractivity contribution is -0.764. The second kappa shape index (κ2) is 57.2.